The van der Waals surface area contributed by atoms with Crippen LogP contribution < -0.4 is 16.4 Å². The molecule has 1 saturated carbocycles. The maximum atomic E-state index is 12.4. The van der Waals surface area contributed by atoms with Crippen molar-refractivity contribution < 1.29 is 9.53 Å². The summed E-state index contributed by atoms with van der Waals surface area (Å²) in [5.41, 5.74) is 9.87. The summed E-state index contributed by atoms with van der Waals surface area (Å²) in [4.78, 5) is 21.0. The number of hydrogen-bond donors (Lipinski definition) is 3. The van der Waals surface area contributed by atoms with E-state index in [-0.39, 0.29) is 12.1 Å². The molecule has 5 rings (SSSR count). The molecule has 1 amide bonds. The number of anilines is 3. The Kier molecular flexibility index (Phi) is 8.91. The molecule has 1 atom stereocenters. The van der Waals surface area contributed by atoms with E-state index in [1.165, 1.54) is 12.8 Å². The Morgan fingerprint density at radius 3 is 2.62 bits per heavy atom. The number of ether oxygens (including phenoxy) is 1. The molecule has 3 aromatic rings. The number of thiocarbonyl (C=S) groups is 1. The van der Waals surface area contributed by atoms with Crippen LogP contribution >= 0.6 is 23.8 Å². The topological polar surface area (TPSA) is 114 Å². The lowest BCUT2D eigenvalue weighted by Gasteiger charge is -2.38. The van der Waals surface area contributed by atoms with Crippen LogP contribution in [0.3, 0.4) is 0 Å². The molecule has 2 aromatic heterocycles. The number of nitrogen functional groups attached to an aromatic ring is 1. The van der Waals surface area contributed by atoms with Gasteiger partial charge in [-0.2, -0.15) is 5.10 Å². The van der Waals surface area contributed by atoms with Gasteiger partial charge in [0.25, 0.3) is 0 Å². The minimum Gasteiger partial charge on any atom is -0.444 e. The molecule has 1 saturated heterocycles. The molecule has 0 radical (unpaired) electrons. The zero-order chi connectivity index (χ0) is 30.0. The summed E-state index contributed by atoms with van der Waals surface area (Å²) in [6.07, 6.45) is 7.87. The number of piperazine rings is 1. The lowest BCUT2D eigenvalue weighted by Crippen LogP contribution is -2.50. The first-order chi connectivity index (χ1) is 19.9. The van der Waals surface area contributed by atoms with Gasteiger partial charge in [-0.3, -0.25) is 9.58 Å². The van der Waals surface area contributed by atoms with Crippen molar-refractivity contribution >= 4 is 52.2 Å². The van der Waals surface area contributed by atoms with E-state index in [0.29, 0.717) is 40.4 Å². The Bertz CT molecular complexity index is 1440. The van der Waals surface area contributed by atoms with Gasteiger partial charge in [0.1, 0.15) is 11.4 Å². The van der Waals surface area contributed by atoms with E-state index in [1.807, 2.05) is 56.0 Å². The number of amides is 1. The highest BCUT2D eigenvalue weighted by atomic mass is 35.5. The van der Waals surface area contributed by atoms with Gasteiger partial charge in [-0.25, -0.2) is 9.78 Å². The number of aromatic nitrogens is 3. The van der Waals surface area contributed by atoms with Crippen molar-refractivity contribution in [1.82, 2.24) is 24.6 Å². The van der Waals surface area contributed by atoms with E-state index in [9.17, 15) is 4.79 Å². The molecular formula is C30H39ClN8O2S. The molecule has 3 heterocycles. The fraction of sp³-hybridized carbons (Fsp3) is 0.467. The molecule has 224 valence electrons. The summed E-state index contributed by atoms with van der Waals surface area (Å²) in [5, 5.41) is 11.7. The van der Waals surface area contributed by atoms with Crippen LogP contribution in [0.2, 0.25) is 5.02 Å². The maximum absolute atomic E-state index is 12.4. The summed E-state index contributed by atoms with van der Waals surface area (Å²) in [6.45, 7) is 11.5. The quantitative estimate of drug-likeness (QED) is 0.218. The third kappa shape index (κ3) is 7.70. The minimum atomic E-state index is -0.501. The lowest BCUT2D eigenvalue weighted by atomic mass is 10.1. The van der Waals surface area contributed by atoms with Crippen LogP contribution in [0.4, 0.5) is 22.0 Å². The normalized spacial score (nSPS) is 16.6. The highest BCUT2D eigenvalue weighted by Crippen LogP contribution is 2.35. The first-order valence-corrected chi connectivity index (χ1v) is 15.1. The smallest absolute Gasteiger partial charge is 0.410 e. The number of carbonyl (C=O) groups excluding carboxylic acids is 1. The van der Waals surface area contributed by atoms with Crippen LogP contribution in [-0.4, -0.2) is 67.6 Å². The number of pyridine rings is 1. The van der Waals surface area contributed by atoms with Crippen molar-refractivity contribution in [2.75, 3.05) is 42.5 Å². The number of rotatable bonds is 7. The zero-order valence-corrected chi connectivity index (χ0v) is 26.1. The highest BCUT2D eigenvalue weighted by Gasteiger charge is 2.28. The predicted octanol–water partition coefficient (Wildman–Crippen LogP) is 6.01. The SMILES string of the molecule is CC(c1ccnc(NC(=S)Nc2cc(Cl)c(-c3cnn(CC4CC4)c3)cc2N)c1)N1CCN(C(=O)OC(C)(C)C)CC1. The number of benzene rings is 1. The summed E-state index contributed by atoms with van der Waals surface area (Å²) in [7, 11) is 0. The third-order valence-electron chi connectivity index (χ3n) is 7.50. The zero-order valence-electron chi connectivity index (χ0n) is 24.6. The second kappa shape index (κ2) is 12.4. The second-order valence-corrected chi connectivity index (χ2v) is 12.9. The van der Waals surface area contributed by atoms with Gasteiger partial charge in [-0.15, -0.1) is 0 Å². The molecule has 0 bridgehead atoms. The van der Waals surface area contributed by atoms with E-state index in [0.717, 1.165) is 42.2 Å². The molecule has 0 spiro atoms. The molecule has 1 aliphatic carbocycles. The predicted molar refractivity (Wildman–Crippen MR) is 172 cm³/mol. The van der Waals surface area contributed by atoms with Crippen molar-refractivity contribution in [3.8, 4) is 11.1 Å². The minimum absolute atomic E-state index is 0.131. The van der Waals surface area contributed by atoms with Gasteiger partial charge >= 0.3 is 6.09 Å². The van der Waals surface area contributed by atoms with Crippen molar-refractivity contribution in [3.05, 3.63) is 53.4 Å². The number of hydrogen-bond acceptors (Lipinski definition) is 7. The number of carbonyl (C=O) groups is 1. The average Bonchev–Trinajstić information content (AvgIpc) is 3.63. The third-order valence-corrected chi connectivity index (χ3v) is 8.01. The summed E-state index contributed by atoms with van der Waals surface area (Å²) >= 11 is 12.2. The molecule has 42 heavy (non-hydrogen) atoms. The van der Waals surface area contributed by atoms with Crippen molar-refractivity contribution in [3.63, 3.8) is 0 Å². The van der Waals surface area contributed by atoms with E-state index < -0.39 is 5.60 Å². The average molecular weight is 611 g/mol. The summed E-state index contributed by atoms with van der Waals surface area (Å²) in [6, 6.07) is 7.73. The van der Waals surface area contributed by atoms with E-state index >= 15 is 0 Å². The first-order valence-electron chi connectivity index (χ1n) is 14.3. The van der Waals surface area contributed by atoms with Gasteiger partial charge in [0.15, 0.2) is 5.11 Å². The first kappa shape index (κ1) is 30.1. The fourth-order valence-electron chi connectivity index (χ4n) is 4.96. The number of halogens is 1. The van der Waals surface area contributed by atoms with Gasteiger partial charge in [0, 0.05) is 62.3 Å². The Morgan fingerprint density at radius 2 is 1.93 bits per heavy atom. The lowest BCUT2D eigenvalue weighted by molar-refractivity contribution is 0.0110. The van der Waals surface area contributed by atoms with E-state index in [1.54, 1.807) is 17.2 Å². The van der Waals surface area contributed by atoms with Crippen molar-refractivity contribution in [2.24, 2.45) is 5.92 Å². The van der Waals surface area contributed by atoms with Crippen LogP contribution in [0.5, 0.6) is 0 Å². The molecule has 1 aliphatic heterocycles. The van der Waals surface area contributed by atoms with Crippen molar-refractivity contribution in [2.45, 2.75) is 58.7 Å². The second-order valence-electron chi connectivity index (χ2n) is 12.0. The molecule has 1 aromatic carbocycles. The molecule has 4 N–H and O–H groups in total. The summed E-state index contributed by atoms with van der Waals surface area (Å²) < 4.78 is 7.49. The molecular weight excluding hydrogens is 572 g/mol. The largest absolute Gasteiger partial charge is 0.444 e. The van der Waals surface area contributed by atoms with Crippen LogP contribution in [0, 0.1) is 5.92 Å². The van der Waals surface area contributed by atoms with Crippen LogP contribution in [0.25, 0.3) is 11.1 Å². The Labute approximate surface area is 257 Å². The van der Waals surface area contributed by atoms with Crippen LogP contribution in [0.1, 0.15) is 52.1 Å². The van der Waals surface area contributed by atoms with Crippen LogP contribution in [-0.2, 0) is 11.3 Å². The molecule has 1 unspecified atom stereocenters. The van der Waals surface area contributed by atoms with E-state index in [2.05, 4.69) is 32.5 Å². The standard InChI is InChI=1S/C30H39ClN8O2S/c1-19(37-9-11-38(12-10-37)29(40)41-30(2,3)4)21-7-8-33-27(13-21)36-28(42)35-26-15-24(31)23(14-25(26)32)22-16-34-39(18-22)17-20-5-6-20/h7-8,13-16,18-20H,5-6,9-12,17,32H2,1-4H3,(H2,33,35,36,42). The van der Waals surface area contributed by atoms with E-state index in [4.69, 9.17) is 34.3 Å². The molecule has 12 heteroatoms. The Morgan fingerprint density at radius 1 is 1.19 bits per heavy atom. The number of nitrogens with two attached hydrogens (primary N) is 1. The fourth-order valence-corrected chi connectivity index (χ4v) is 5.45. The maximum Gasteiger partial charge on any atom is 0.410 e. The number of nitrogens with one attached hydrogen (secondary N) is 2. The van der Waals surface area contributed by atoms with Gasteiger partial charge in [-0.05, 0) is 88.5 Å². The Hall–Kier alpha value is -3.41. The highest BCUT2D eigenvalue weighted by molar-refractivity contribution is 7.80. The van der Waals surface area contributed by atoms with Gasteiger partial charge < -0.3 is 26.0 Å². The molecule has 10 nitrogen and oxygen atoms in total. The van der Waals surface area contributed by atoms with Crippen molar-refractivity contribution in [1.29, 1.82) is 0 Å². The Balaban J connectivity index is 1.17. The monoisotopic (exact) mass is 610 g/mol. The number of nitrogens with zero attached hydrogens (tertiary/aromatic N) is 5. The van der Waals surface area contributed by atoms with Gasteiger partial charge in [-0.1, -0.05) is 11.6 Å². The molecule has 2 fully saturated rings. The summed E-state index contributed by atoms with van der Waals surface area (Å²) in [5.74, 6) is 1.35. The van der Waals surface area contributed by atoms with Gasteiger partial charge in [0.05, 0.1) is 22.6 Å². The van der Waals surface area contributed by atoms with Gasteiger partial charge in [0.2, 0.25) is 0 Å². The molecule has 2 aliphatic rings. The van der Waals surface area contributed by atoms with Crippen LogP contribution in [0.15, 0.2) is 42.9 Å².